The maximum atomic E-state index is 10.1. The van der Waals surface area contributed by atoms with Crippen LogP contribution in [0.3, 0.4) is 0 Å². The topological polar surface area (TPSA) is 46.5 Å². The molecule has 0 spiro atoms. The van der Waals surface area contributed by atoms with E-state index in [2.05, 4.69) is 6.92 Å². The van der Waals surface area contributed by atoms with Gasteiger partial charge in [-0.15, -0.1) is 0 Å². The molecule has 14 heavy (non-hydrogen) atoms. The van der Waals surface area contributed by atoms with Crippen LogP contribution in [0.5, 0.6) is 0 Å². The molecule has 0 aliphatic carbocycles. The van der Waals surface area contributed by atoms with Crippen molar-refractivity contribution >= 4 is 5.97 Å². The summed E-state index contributed by atoms with van der Waals surface area (Å²) in [5.41, 5.74) is 0. The van der Waals surface area contributed by atoms with Crippen molar-refractivity contribution in [3.63, 3.8) is 0 Å². The molecule has 0 saturated carbocycles. The zero-order valence-electron chi connectivity index (χ0n) is 9.13. The van der Waals surface area contributed by atoms with Crippen molar-refractivity contribution in [1.82, 2.24) is 0 Å². The highest BCUT2D eigenvalue weighted by molar-refractivity contribution is 5.66. The Kier molecular flexibility index (Phi) is 10.1. The molecule has 1 N–H and O–H groups in total. The molecule has 0 radical (unpaired) electrons. The second-order valence-electron chi connectivity index (χ2n) is 3.52. The first-order valence-electron chi connectivity index (χ1n) is 5.57. The largest absolute Gasteiger partial charge is 0.481 e. The molecule has 0 aliphatic rings. The molecule has 0 aromatic rings. The minimum absolute atomic E-state index is 0.121. The number of ether oxygens (including phenoxy) is 1. The van der Waals surface area contributed by atoms with Gasteiger partial charge in [-0.2, -0.15) is 0 Å². The zero-order chi connectivity index (χ0) is 10.6. The first-order chi connectivity index (χ1) is 6.77. The normalized spacial score (nSPS) is 10.4. The zero-order valence-corrected chi connectivity index (χ0v) is 9.13. The predicted molar refractivity (Wildman–Crippen MR) is 56.4 cm³/mol. The van der Waals surface area contributed by atoms with Crippen LogP contribution >= 0.6 is 0 Å². The molecule has 0 amide bonds. The van der Waals surface area contributed by atoms with Crippen LogP contribution in [-0.4, -0.2) is 24.3 Å². The molecule has 0 atom stereocenters. The minimum Gasteiger partial charge on any atom is -0.481 e. The predicted octanol–water partition coefficient (Wildman–Crippen LogP) is 2.84. The summed E-state index contributed by atoms with van der Waals surface area (Å²) in [6.45, 7) is 3.26. The van der Waals surface area contributed by atoms with Gasteiger partial charge in [0.2, 0.25) is 0 Å². The lowest BCUT2D eigenvalue weighted by Crippen LogP contribution is -2.03. The van der Waals surface area contributed by atoms with E-state index in [9.17, 15) is 4.79 Å². The second kappa shape index (κ2) is 10.5. The smallest absolute Gasteiger partial charge is 0.305 e. The number of carboxylic acid groups (broad SMARTS) is 1. The Morgan fingerprint density at radius 2 is 1.71 bits per heavy atom. The fourth-order valence-corrected chi connectivity index (χ4v) is 1.25. The summed E-state index contributed by atoms with van der Waals surface area (Å²) in [5, 5.41) is 8.33. The molecule has 0 aromatic carbocycles. The summed E-state index contributed by atoms with van der Waals surface area (Å²) >= 11 is 0. The van der Waals surface area contributed by atoms with E-state index in [1.165, 1.54) is 32.1 Å². The van der Waals surface area contributed by atoms with Gasteiger partial charge in [0.15, 0.2) is 0 Å². The molecule has 3 heteroatoms. The van der Waals surface area contributed by atoms with E-state index in [1.807, 2.05) is 0 Å². The van der Waals surface area contributed by atoms with Gasteiger partial charge in [-0.05, 0) is 6.42 Å². The van der Waals surface area contributed by atoms with E-state index in [0.29, 0.717) is 13.2 Å². The average molecular weight is 202 g/mol. The lowest BCUT2D eigenvalue weighted by Gasteiger charge is -2.02. The molecule has 3 nitrogen and oxygen atoms in total. The molecule has 0 bridgehead atoms. The number of hydrogen-bond acceptors (Lipinski definition) is 2. The third-order valence-electron chi connectivity index (χ3n) is 2.10. The molecular formula is C11H22O3. The van der Waals surface area contributed by atoms with Gasteiger partial charge in [-0.25, -0.2) is 0 Å². The van der Waals surface area contributed by atoms with Crippen molar-refractivity contribution in [1.29, 1.82) is 0 Å². The van der Waals surface area contributed by atoms with Gasteiger partial charge >= 0.3 is 5.97 Å². The Labute approximate surface area is 86.5 Å². The van der Waals surface area contributed by atoms with Crippen LogP contribution in [0.1, 0.15) is 51.9 Å². The van der Waals surface area contributed by atoms with Crippen LogP contribution in [0.25, 0.3) is 0 Å². The van der Waals surface area contributed by atoms with Gasteiger partial charge in [0, 0.05) is 6.61 Å². The summed E-state index contributed by atoms with van der Waals surface area (Å²) in [4.78, 5) is 10.1. The lowest BCUT2D eigenvalue weighted by atomic mass is 10.1. The maximum absolute atomic E-state index is 10.1. The highest BCUT2D eigenvalue weighted by Crippen LogP contribution is 2.04. The average Bonchev–Trinajstić information content (AvgIpc) is 2.15. The van der Waals surface area contributed by atoms with E-state index in [4.69, 9.17) is 9.84 Å². The third-order valence-corrected chi connectivity index (χ3v) is 2.10. The molecule has 0 heterocycles. The van der Waals surface area contributed by atoms with Crippen LogP contribution in [0.4, 0.5) is 0 Å². The standard InChI is InChI=1S/C11H22O3/c1-2-3-4-5-6-7-9-14-10-8-11(12)13/h2-10H2,1H3,(H,12,13). The van der Waals surface area contributed by atoms with Gasteiger partial charge in [-0.1, -0.05) is 39.0 Å². The monoisotopic (exact) mass is 202 g/mol. The summed E-state index contributed by atoms with van der Waals surface area (Å²) in [5.74, 6) is -0.784. The van der Waals surface area contributed by atoms with Gasteiger partial charge in [0.05, 0.1) is 13.0 Å². The van der Waals surface area contributed by atoms with Gasteiger partial charge in [0.1, 0.15) is 0 Å². The van der Waals surface area contributed by atoms with Crippen molar-refractivity contribution in [3.05, 3.63) is 0 Å². The Bertz CT molecular complexity index is 134. The first-order valence-corrected chi connectivity index (χ1v) is 5.57. The van der Waals surface area contributed by atoms with Crippen LogP contribution in [-0.2, 0) is 9.53 Å². The molecule has 0 fully saturated rings. The summed E-state index contributed by atoms with van der Waals surface area (Å²) in [6.07, 6.45) is 7.56. The number of carbonyl (C=O) groups is 1. The molecular weight excluding hydrogens is 180 g/mol. The van der Waals surface area contributed by atoms with Crippen molar-refractivity contribution in [2.45, 2.75) is 51.9 Å². The van der Waals surface area contributed by atoms with Crippen molar-refractivity contribution < 1.29 is 14.6 Å². The van der Waals surface area contributed by atoms with Crippen LogP contribution in [0, 0.1) is 0 Å². The van der Waals surface area contributed by atoms with Gasteiger partial charge < -0.3 is 9.84 Å². The summed E-state index contributed by atoms with van der Waals surface area (Å²) < 4.78 is 5.17. The lowest BCUT2D eigenvalue weighted by molar-refractivity contribution is -0.138. The Morgan fingerprint density at radius 1 is 1.07 bits per heavy atom. The van der Waals surface area contributed by atoms with Crippen molar-refractivity contribution in [3.8, 4) is 0 Å². The van der Waals surface area contributed by atoms with Crippen LogP contribution in [0.2, 0.25) is 0 Å². The minimum atomic E-state index is -0.784. The van der Waals surface area contributed by atoms with Gasteiger partial charge in [-0.3, -0.25) is 4.79 Å². The number of hydrogen-bond donors (Lipinski definition) is 1. The highest BCUT2D eigenvalue weighted by Gasteiger charge is 1.95. The fourth-order valence-electron chi connectivity index (χ4n) is 1.25. The van der Waals surface area contributed by atoms with Crippen LogP contribution < -0.4 is 0 Å². The number of rotatable bonds is 10. The van der Waals surface area contributed by atoms with E-state index < -0.39 is 5.97 Å². The van der Waals surface area contributed by atoms with Crippen molar-refractivity contribution in [2.24, 2.45) is 0 Å². The molecule has 0 aromatic heterocycles. The molecule has 0 saturated heterocycles. The first kappa shape index (κ1) is 13.4. The van der Waals surface area contributed by atoms with E-state index >= 15 is 0 Å². The fraction of sp³-hybridized carbons (Fsp3) is 0.909. The molecule has 0 aliphatic heterocycles. The third kappa shape index (κ3) is 11.4. The summed E-state index contributed by atoms with van der Waals surface area (Å²) in [7, 11) is 0. The van der Waals surface area contributed by atoms with Crippen molar-refractivity contribution in [2.75, 3.05) is 13.2 Å². The van der Waals surface area contributed by atoms with E-state index in [-0.39, 0.29) is 6.42 Å². The van der Waals surface area contributed by atoms with E-state index in [1.54, 1.807) is 0 Å². The number of carboxylic acids is 1. The Morgan fingerprint density at radius 3 is 2.36 bits per heavy atom. The Hall–Kier alpha value is -0.570. The quantitative estimate of drug-likeness (QED) is 0.554. The molecule has 0 unspecified atom stereocenters. The van der Waals surface area contributed by atoms with Crippen LogP contribution in [0.15, 0.2) is 0 Å². The molecule has 0 rings (SSSR count). The molecule has 84 valence electrons. The summed E-state index contributed by atoms with van der Waals surface area (Å²) in [6, 6.07) is 0. The second-order valence-corrected chi connectivity index (χ2v) is 3.52. The highest BCUT2D eigenvalue weighted by atomic mass is 16.5. The maximum Gasteiger partial charge on any atom is 0.305 e. The SMILES string of the molecule is CCCCCCCCOCCC(=O)O. The Balaban J connectivity index is 2.88. The number of aliphatic carboxylic acids is 1. The van der Waals surface area contributed by atoms with E-state index in [0.717, 1.165) is 6.42 Å². The van der Waals surface area contributed by atoms with Gasteiger partial charge in [0.25, 0.3) is 0 Å². The number of unbranched alkanes of at least 4 members (excludes halogenated alkanes) is 5.